The van der Waals surface area contributed by atoms with Gasteiger partial charge in [0, 0.05) is 32.1 Å². The number of aryl methyl sites for hydroxylation is 1. The highest BCUT2D eigenvalue weighted by atomic mass is 127. The molecule has 1 rings (SSSR count). The minimum Gasteiger partial charge on any atom is -0.385 e. The van der Waals surface area contributed by atoms with Crippen molar-refractivity contribution in [2.24, 2.45) is 0 Å². The largest absolute Gasteiger partial charge is 0.385 e. The Kier molecular flexibility index (Phi) is 7.15. The first-order chi connectivity index (χ1) is 9.40. The predicted octanol–water partition coefficient (Wildman–Crippen LogP) is 3.78. The van der Waals surface area contributed by atoms with Crippen LogP contribution < -0.4 is 5.32 Å². The normalized spacial score (nSPS) is 11.7. The van der Waals surface area contributed by atoms with Gasteiger partial charge in [0.1, 0.15) is 11.6 Å². The topological polar surface area (TPSA) is 47.0 Å². The monoisotopic (exact) mass is 391 g/mol. The Bertz CT molecular complexity index is 430. The maximum Gasteiger partial charge on any atom is 0.143 e. The zero-order valence-corrected chi connectivity index (χ0v) is 15.4. The highest BCUT2D eigenvalue weighted by Gasteiger charge is 2.22. The van der Waals surface area contributed by atoms with E-state index < -0.39 is 0 Å². The Morgan fingerprint density at radius 2 is 1.95 bits per heavy atom. The van der Waals surface area contributed by atoms with Crippen LogP contribution in [0.25, 0.3) is 0 Å². The SMILES string of the molecule is CCCNc1nc(CCCOC)nc(C(C)(C)C)c1I. The number of nitrogens with one attached hydrogen (secondary N) is 1. The van der Waals surface area contributed by atoms with Crippen molar-refractivity contribution in [1.29, 1.82) is 0 Å². The number of nitrogens with zero attached hydrogens (tertiary/aromatic N) is 2. The van der Waals surface area contributed by atoms with Gasteiger partial charge < -0.3 is 10.1 Å². The molecule has 1 aromatic rings. The Hall–Kier alpha value is -0.430. The molecule has 1 heterocycles. The Morgan fingerprint density at radius 3 is 2.50 bits per heavy atom. The molecule has 0 saturated heterocycles. The molecule has 0 fully saturated rings. The molecule has 1 aromatic heterocycles. The Balaban J connectivity index is 3.06. The molecule has 0 aliphatic rings. The van der Waals surface area contributed by atoms with Gasteiger partial charge in [-0.05, 0) is 35.4 Å². The van der Waals surface area contributed by atoms with Crippen LogP contribution in [0.15, 0.2) is 0 Å². The van der Waals surface area contributed by atoms with Crippen LogP contribution in [0, 0.1) is 3.57 Å². The van der Waals surface area contributed by atoms with Crippen molar-refractivity contribution in [1.82, 2.24) is 9.97 Å². The zero-order chi connectivity index (χ0) is 15.2. The lowest BCUT2D eigenvalue weighted by molar-refractivity contribution is 0.194. The number of anilines is 1. The van der Waals surface area contributed by atoms with Gasteiger partial charge >= 0.3 is 0 Å². The molecule has 0 saturated carbocycles. The van der Waals surface area contributed by atoms with E-state index in [4.69, 9.17) is 9.72 Å². The van der Waals surface area contributed by atoms with Crippen LogP contribution in [-0.4, -0.2) is 30.2 Å². The molecular formula is C15H26IN3O. The van der Waals surface area contributed by atoms with Gasteiger partial charge in [-0.15, -0.1) is 0 Å². The molecule has 0 aromatic carbocycles. The van der Waals surface area contributed by atoms with E-state index in [-0.39, 0.29) is 5.41 Å². The van der Waals surface area contributed by atoms with E-state index in [9.17, 15) is 0 Å². The molecule has 5 heteroatoms. The molecule has 0 bridgehead atoms. The summed E-state index contributed by atoms with van der Waals surface area (Å²) in [6.45, 7) is 10.4. The summed E-state index contributed by atoms with van der Waals surface area (Å²) >= 11 is 2.36. The molecule has 0 unspecified atom stereocenters. The predicted molar refractivity (Wildman–Crippen MR) is 92.4 cm³/mol. The van der Waals surface area contributed by atoms with E-state index >= 15 is 0 Å². The van der Waals surface area contributed by atoms with Crippen LogP contribution in [0.5, 0.6) is 0 Å². The van der Waals surface area contributed by atoms with Crippen LogP contribution in [0.1, 0.15) is 52.1 Å². The second-order valence-corrected chi connectivity index (χ2v) is 7.00. The second-order valence-electron chi connectivity index (χ2n) is 5.92. The summed E-state index contributed by atoms with van der Waals surface area (Å²) in [5, 5.41) is 3.42. The number of ether oxygens (including phenoxy) is 1. The quantitative estimate of drug-likeness (QED) is 0.568. The lowest BCUT2D eigenvalue weighted by Crippen LogP contribution is -2.20. The van der Waals surface area contributed by atoms with Gasteiger partial charge in [-0.3, -0.25) is 0 Å². The summed E-state index contributed by atoms with van der Waals surface area (Å²) in [5.74, 6) is 1.88. The first kappa shape index (κ1) is 17.6. The van der Waals surface area contributed by atoms with Crippen molar-refractivity contribution >= 4 is 28.4 Å². The maximum absolute atomic E-state index is 5.11. The van der Waals surface area contributed by atoms with Crippen LogP contribution >= 0.6 is 22.6 Å². The smallest absolute Gasteiger partial charge is 0.143 e. The molecular weight excluding hydrogens is 365 g/mol. The average molecular weight is 391 g/mol. The molecule has 114 valence electrons. The fourth-order valence-electron chi connectivity index (χ4n) is 1.84. The van der Waals surface area contributed by atoms with E-state index in [1.165, 1.54) is 0 Å². The van der Waals surface area contributed by atoms with Crippen LogP contribution in [0.2, 0.25) is 0 Å². The number of methoxy groups -OCH3 is 1. The van der Waals surface area contributed by atoms with Crippen molar-refractivity contribution < 1.29 is 4.74 Å². The van der Waals surface area contributed by atoms with E-state index in [1.54, 1.807) is 7.11 Å². The molecule has 0 spiro atoms. The van der Waals surface area contributed by atoms with Gasteiger partial charge in [-0.25, -0.2) is 9.97 Å². The highest BCUT2D eigenvalue weighted by molar-refractivity contribution is 14.1. The number of hydrogen-bond acceptors (Lipinski definition) is 4. The number of rotatable bonds is 7. The van der Waals surface area contributed by atoms with Gasteiger partial charge in [-0.2, -0.15) is 0 Å². The fraction of sp³-hybridized carbons (Fsp3) is 0.733. The molecule has 0 aliphatic carbocycles. The average Bonchev–Trinajstić information content (AvgIpc) is 2.37. The third-order valence-corrected chi connectivity index (χ3v) is 3.92. The lowest BCUT2D eigenvalue weighted by Gasteiger charge is -2.22. The first-order valence-corrected chi connectivity index (χ1v) is 8.27. The minimum atomic E-state index is 0.0259. The van der Waals surface area contributed by atoms with Crippen LogP contribution in [0.4, 0.5) is 5.82 Å². The summed E-state index contributed by atoms with van der Waals surface area (Å²) in [6.07, 6.45) is 2.90. The second kappa shape index (κ2) is 8.12. The lowest BCUT2D eigenvalue weighted by atomic mass is 9.92. The molecule has 1 N–H and O–H groups in total. The fourth-order valence-corrected chi connectivity index (χ4v) is 3.08. The van der Waals surface area contributed by atoms with Crippen molar-refractivity contribution in [3.05, 3.63) is 15.1 Å². The van der Waals surface area contributed by atoms with Crippen molar-refractivity contribution in [2.75, 3.05) is 25.6 Å². The van der Waals surface area contributed by atoms with Gasteiger partial charge in [0.15, 0.2) is 0 Å². The summed E-state index contributed by atoms with van der Waals surface area (Å²) in [5.41, 5.74) is 1.15. The van der Waals surface area contributed by atoms with E-state index in [0.717, 1.165) is 53.3 Å². The van der Waals surface area contributed by atoms with Crippen LogP contribution in [0.3, 0.4) is 0 Å². The number of halogens is 1. The van der Waals surface area contributed by atoms with Crippen molar-refractivity contribution in [3.63, 3.8) is 0 Å². The van der Waals surface area contributed by atoms with Gasteiger partial charge in [0.05, 0.1) is 9.26 Å². The number of hydrogen-bond donors (Lipinski definition) is 1. The third-order valence-electron chi connectivity index (χ3n) is 2.90. The Morgan fingerprint density at radius 1 is 1.25 bits per heavy atom. The molecule has 20 heavy (non-hydrogen) atoms. The summed E-state index contributed by atoms with van der Waals surface area (Å²) in [7, 11) is 1.73. The minimum absolute atomic E-state index is 0.0259. The Labute approximate surface area is 136 Å². The first-order valence-electron chi connectivity index (χ1n) is 7.19. The summed E-state index contributed by atoms with van der Waals surface area (Å²) in [6, 6.07) is 0. The highest BCUT2D eigenvalue weighted by Crippen LogP contribution is 2.29. The van der Waals surface area contributed by atoms with E-state index in [0.29, 0.717) is 0 Å². The third kappa shape index (κ3) is 5.16. The summed E-state index contributed by atoms with van der Waals surface area (Å²) < 4.78 is 6.25. The van der Waals surface area contributed by atoms with Gasteiger partial charge in [-0.1, -0.05) is 27.7 Å². The maximum atomic E-state index is 5.11. The standard InChI is InChI=1S/C15H26IN3O/c1-6-9-17-14-12(16)13(15(2,3)4)18-11(19-14)8-7-10-20-5/h6-10H2,1-5H3,(H,17,18,19). The summed E-state index contributed by atoms with van der Waals surface area (Å²) in [4.78, 5) is 9.44. The number of aromatic nitrogens is 2. The van der Waals surface area contributed by atoms with Gasteiger partial charge in [0.2, 0.25) is 0 Å². The molecule has 0 radical (unpaired) electrons. The molecule has 0 amide bonds. The van der Waals surface area contributed by atoms with Crippen molar-refractivity contribution in [3.8, 4) is 0 Å². The van der Waals surface area contributed by atoms with E-state index in [2.05, 4.69) is 60.6 Å². The van der Waals surface area contributed by atoms with Crippen molar-refractivity contribution in [2.45, 2.75) is 52.4 Å². The van der Waals surface area contributed by atoms with Crippen LogP contribution in [-0.2, 0) is 16.6 Å². The molecule has 4 nitrogen and oxygen atoms in total. The van der Waals surface area contributed by atoms with Gasteiger partial charge in [0.25, 0.3) is 0 Å². The molecule has 0 atom stereocenters. The van der Waals surface area contributed by atoms with E-state index in [1.807, 2.05) is 0 Å². The molecule has 0 aliphatic heterocycles. The zero-order valence-electron chi connectivity index (χ0n) is 13.2.